The molecule has 2 aromatic rings. The molecule has 1 aliphatic rings. The second kappa shape index (κ2) is 8.74. The molecule has 0 bridgehead atoms. The van der Waals surface area contributed by atoms with E-state index in [1.165, 1.54) is 53.7 Å². The van der Waals surface area contributed by atoms with Crippen molar-refractivity contribution in [2.45, 2.75) is 19.9 Å². The van der Waals surface area contributed by atoms with E-state index in [0.717, 1.165) is 15.7 Å². The third-order valence-electron chi connectivity index (χ3n) is 5.12. The molecule has 1 fully saturated rings. The van der Waals surface area contributed by atoms with Crippen LogP contribution in [-0.2, 0) is 23.7 Å². The van der Waals surface area contributed by atoms with E-state index in [-0.39, 0.29) is 17.4 Å². The van der Waals surface area contributed by atoms with Crippen molar-refractivity contribution in [3.63, 3.8) is 0 Å². The van der Waals surface area contributed by atoms with Crippen LogP contribution in [0.3, 0.4) is 0 Å². The molecule has 2 amide bonds. The number of nitrogens with zero attached hydrogens (tertiary/aromatic N) is 3. The molecule has 0 spiro atoms. The molecule has 8 nitrogen and oxygen atoms in total. The zero-order chi connectivity index (χ0) is 22.0. The van der Waals surface area contributed by atoms with Crippen molar-refractivity contribution in [2.24, 2.45) is 14.1 Å². The summed E-state index contributed by atoms with van der Waals surface area (Å²) >= 11 is 1.49. The van der Waals surface area contributed by atoms with Crippen molar-refractivity contribution in [3.05, 3.63) is 68.0 Å². The first-order valence-electron chi connectivity index (χ1n) is 9.40. The molecule has 1 aliphatic heterocycles. The number of aromatic nitrogens is 2. The van der Waals surface area contributed by atoms with Crippen LogP contribution in [0.1, 0.15) is 16.7 Å². The van der Waals surface area contributed by atoms with Gasteiger partial charge < -0.3 is 14.8 Å². The maximum absolute atomic E-state index is 12.7. The number of anilines is 1. The van der Waals surface area contributed by atoms with Gasteiger partial charge in [0.15, 0.2) is 0 Å². The minimum absolute atomic E-state index is 0.218. The number of nitrogens with one attached hydrogen (secondary N) is 1. The van der Waals surface area contributed by atoms with Crippen LogP contribution in [-0.4, -0.2) is 43.5 Å². The van der Waals surface area contributed by atoms with Gasteiger partial charge in [-0.2, -0.15) is 0 Å². The van der Waals surface area contributed by atoms with Crippen LogP contribution in [0.25, 0.3) is 6.08 Å². The Kier molecular flexibility index (Phi) is 6.31. The largest absolute Gasteiger partial charge is 0.330 e. The second-order valence-electron chi connectivity index (χ2n) is 7.29. The standard InChI is InChI=1S/C21H24N4O4S/c1-13-5-7-16(9-14(13)2)22-19(27)17-11-30-12-25(17)18(26)8-6-15-10-23(3)21(29)24(4)20(15)28/h5-10,17H,11-12H2,1-4H3,(H,22,27)/b8-6+. The number of amides is 2. The molecule has 3 rings (SSSR count). The Morgan fingerprint density at radius 2 is 1.90 bits per heavy atom. The van der Waals surface area contributed by atoms with Gasteiger partial charge >= 0.3 is 5.69 Å². The van der Waals surface area contributed by atoms with Crippen molar-refractivity contribution < 1.29 is 9.59 Å². The average Bonchev–Trinajstić information content (AvgIpc) is 3.21. The fraction of sp³-hybridized carbons (Fsp3) is 0.333. The predicted octanol–water partition coefficient (Wildman–Crippen LogP) is 1.25. The number of benzene rings is 1. The molecule has 1 saturated heterocycles. The van der Waals surface area contributed by atoms with Crippen LogP contribution in [0.5, 0.6) is 0 Å². The number of hydrogen-bond acceptors (Lipinski definition) is 5. The summed E-state index contributed by atoms with van der Waals surface area (Å²) in [6, 6.07) is 5.07. The lowest BCUT2D eigenvalue weighted by Gasteiger charge is -2.22. The van der Waals surface area contributed by atoms with Gasteiger partial charge in [0.1, 0.15) is 6.04 Å². The quantitative estimate of drug-likeness (QED) is 0.740. The topological polar surface area (TPSA) is 93.4 Å². The van der Waals surface area contributed by atoms with Gasteiger partial charge in [-0.15, -0.1) is 11.8 Å². The summed E-state index contributed by atoms with van der Waals surface area (Å²) in [4.78, 5) is 50.9. The molecule has 1 aromatic carbocycles. The van der Waals surface area contributed by atoms with Crippen LogP contribution >= 0.6 is 11.8 Å². The Morgan fingerprint density at radius 3 is 2.60 bits per heavy atom. The molecule has 1 unspecified atom stereocenters. The van der Waals surface area contributed by atoms with E-state index >= 15 is 0 Å². The van der Waals surface area contributed by atoms with Crippen LogP contribution in [0.15, 0.2) is 40.1 Å². The Labute approximate surface area is 178 Å². The highest BCUT2D eigenvalue weighted by Gasteiger charge is 2.33. The summed E-state index contributed by atoms with van der Waals surface area (Å²) in [5.41, 5.74) is 2.19. The molecular formula is C21H24N4O4S. The summed E-state index contributed by atoms with van der Waals surface area (Å²) in [7, 11) is 2.92. The van der Waals surface area contributed by atoms with E-state index in [2.05, 4.69) is 5.32 Å². The van der Waals surface area contributed by atoms with E-state index in [1.807, 2.05) is 32.0 Å². The van der Waals surface area contributed by atoms with Gasteiger partial charge in [0.05, 0.1) is 11.4 Å². The highest BCUT2D eigenvalue weighted by Crippen LogP contribution is 2.23. The highest BCUT2D eigenvalue weighted by molar-refractivity contribution is 7.99. The van der Waals surface area contributed by atoms with E-state index < -0.39 is 17.3 Å². The van der Waals surface area contributed by atoms with Crippen molar-refractivity contribution in [2.75, 3.05) is 16.9 Å². The minimum atomic E-state index is -0.600. The smallest absolute Gasteiger partial charge is 0.324 e. The fourth-order valence-electron chi connectivity index (χ4n) is 3.13. The van der Waals surface area contributed by atoms with Gasteiger partial charge in [-0.05, 0) is 43.2 Å². The van der Waals surface area contributed by atoms with Crippen LogP contribution in [0, 0.1) is 13.8 Å². The molecule has 0 aliphatic carbocycles. The summed E-state index contributed by atoms with van der Waals surface area (Å²) in [6.45, 7) is 3.97. The van der Waals surface area contributed by atoms with E-state index in [4.69, 9.17) is 0 Å². The van der Waals surface area contributed by atoms with Crippen LogP contribution < -0.4 is 16.6 Å². The van der Waals surface area contributed by atoms with Gasteiger partial charge in [0.2, 0.25) is 11.8 Å². The number of aryl methyl sites for hydroxylation is 3. The van der Waals surface area contributed by atoms with Crippen LogP contribution in [0.2, 0.25) is 0 Å². The first-order chi connectivity index (χ1) is 14.2. The number of thioether (sulfide) groups is 1. The second-order valence-corrected chi connectivity index (χ2v) is 8.29. The molecule has 158 valence electrons. The molecule has 30 heavy (non-hydrogen) atoms. The SMILES string of the molecule is Cc1ccc(NC(=O)C2CSCN2C(=O)/C=C/c2cn(C)c(=O)n(C)c2=O)cc1C. The maximum Gasteiger partial charge on any atom is 0.330 e. The Balaban J connectivity index is 1.75. The zero-order valence-electron chi connectivity index (χ0n) is 17.3. The number of carbonyl (C=O) groups excluding carboxylic acids is 2. The zero-order valence-corrected chi connectivity index (χ0v) is 18.2. The third kappa shape index (κ3) is 4.40. The summed E-state index contributed by atoms with van der Waals surface area (Å²) in [5, 5.41) is 2.88. The van der Waals surface area contributed by atoms with Gasteiger partial charge in [0.25, 0.3) is 5.56 Å². The summed E-state index contributed by atoms with van der Waals surface area (Å²) in [5.74, 6) is 0.274. The first kappa shape index (κ1) is 21.6. The number of rotatable bonds is 4. The normalized spacial score (nSPS) is 16.3. The van der Waals surface area contributed by atoms with Crippen LogP contribution in [0.4, 0.5) is 5.69 Å². The summed E-state index contributed by atoms with van der Waals surface area (Å²) in [6.07, 6.45) is 4.03. The third-order valence-corrected chi connectivity index (χ3v) is 6.13. The van der Waals surface area contributed by atoms with E-state index in [0.29, 0.717) is 17.3 Å². The van der Waals surface area contributed by atoms with Crippen molar-refractivity contribution in [1.29, 1.82) is 0 Å². The van der Waals surface area contributed by atoms with E-state index in [1.54, 1.807) is 0 Å². The lowest BCUT2D eigenvalue weighted by Crippen LogP contribution is -2.44. The number of carbonyl (C=O) groups is 2. The average molecular weight is 429 g/mol. The maximum atomic E-state index is 12.7. The lowest BCUT2D eigenvalue weighted by molar-refractivity contribution is -0.132. The molecule has 9 heteroatoms. The van der Waals surface area contributed by atoms with E-state index in [9.17, 15) is 19.2 Å². The summed E-state index contributed by atoms with van der Waals surface area (Å²) < 4.78 is 2.26. The molecule has 1 atom stereocenters. The van der Waals surface area contributed by atoms with Gasteiger partial charge in [0, 0.05) is 37.8 Å². The fourth-order valence-corrected chi connectivity index (χ4v) is 4.29. The molecule has 2 heterocycles. The van der Waals surface area contributed by atoms with Crippen molar-refractivity contribution >= 4 is 35.3 Å². The Bertz CT molecular complexity index is 1150. The molecule has 0 radical (unpaired) electrons. The highest BCUT2D eigenvalue weighted by atomic mass is 32.2. The van der Waals surface area contributed by atoms with Crippen molar-refractivity contribution in [1.82, 2.24) is 14.0 Å². The molecule has 0 saturated carbocycles. The van der Waals surface area contributed by atoms with Gasteiger partial charge in [-0.1, -0.05) is 6.07 Å². The molecule has 1 N–H and O–H groups in total. The molecular weight excluding hydrogens is 404 g/mol. The Hall–Kier alpha value is -3.07. The lowest BCUT2D eigenvalue weighted by atomic mass is 10.1. The van der Waals surface area contributed by atoms with Gasteiger partial charge in [-0.25, -0.2) is 4.79 Å². The van der Waals surface area contributed by atoms with Crippen molar-refractivity contribution in [3.8, 4) is 0 Å². The number of hydrogen-bond donors (Lipinski definition) is 1. The minimum Gasteiger partial charge on any atom is -0.324 e. The molecule has 1 aromatic heterocycles. The Morgan fingerprint density at radius 1 is 1.17 bits per heavy atom. The predicted molar refractivity (Wildman–Crippen MR) is 118 cm³/mol. The van der Waals surface area contributed by atoms with Gasteiger partial charge in [-0.3, -0.25) is 19.0 Å². The monoisotopic (exact) mass is 428 g/mol. The first-order valence-corrected chi connectivity index (χ1v) is 10.6.